The molecule has 2 aromatic rings. The van der Waals surface area contributed by atoms with E-state index in [1.165, 1.54) is 13.1 Å². The van der Waals surface area contributed by atoms with Gasteiger partial charge in [0.25, 0.3) is 0 Å². The summed E-state index contributed by atoms with van der Waals surface area (Å²) in [5.41, 5.74) is 7.34. The lowest BCUT2D eigenvalue weighted by Crippen LogP contribution is -2.29. The van der Waals surface area contributed by atoms with Crippen LogP contribution in [0.1, 0.15) is 30.3 Å². The number of thioether (sulfide) groups is 1. The standard InChI is InChI=1S/C21H27N4O8PS/c1-14(25(20(26)27)13-17-12-23-15(2)24-19(17)22)18(9-11-33-34(29,30)31)35-21(28)32-10-8-16-6-4-3-5-7-16/h3-7,12H,8-11,13H2,1-2H3,(H,26,27)(H2,22,23,24)(H2,29,30,31)/b18-14-. The number of benzene rings is 1. The van der Waals surface area contributed by atoms with Crippen molar-refractivity contribution in [1.82, 2.24) is 14.9 Å². The van der Waals surface area contributed by atoms with Crippen molar-refractivity contribution in [2.45, 2.75) is 33.2 Å². The summed E-state index contributed by atoms with van der Waals surface area (Å²) in [6.45, 7) is 2.53. The number of anilines is 1. The van der Waals surface area contributed by atoms with E-state index in [1.807, 2.05) is 30.3 Å². The molecule has 2 rings (SSSR count). The van der Waals surface area contributed by atoms with Gasteiger partial charge in [-0.25, -0.2) is 24.1 Å². The minimum atomic E-state index is -4.76. The summed E-state index contributed by atoms with van der Waals surface area (Å²) in [6.07, 6.45) is 0.399. The monoisotopic (exact) mass is 526 g/mol. The molecule has 0 saturated carbocycles. The molecule has 14 heteroatoms. The third-order valence-corrected chi connectivity index (χ3v) is 6.18. The van der Waals surface area contributed by atoms with Crippen LogP contribution in [0.25, 0.3) is 0 Å². The van der Waals surface area contributed by atoms with E-state index in [9.17, 15) is 19.3 Å². The Morgan fingerprint density at radius 3 is 2.49 bits per heavy atom. The lowest BCUT2D eigenvalue weighted by atomic mass is 10.2. The summed E-state index contributed by atoms with van der Waals surface area (Å²) in [5, 5.41) is 9.09. The molecule has 190 valence electrons. The molecule has 0 fully saturated rings. The molecule has 12 nitrogen and oxygen atoms in total. The molecule has 1 aromatic heterocycles. The van der Waals surface area contributed by atoms with Gasteiger partial charge in [-0.15, -0.1) is 0 Å². The van der Waals surface area contributed by atoms with E-state index in [-0.39, 0.29) is 36.0 Å². The van der Waals surface area contributed by atoms with Crippen molar-refractivity contribution in [1.29, 1.82) is 0 Å². The smallest absolute Gasteiger partial charge is 0.465 e. The molecule has 0 unspecified atom stereocenters. The maximum atomic E-state index is 12.5. The van der Waals surface area contributed by atoms with Crippen LogP contribution < -0.4 is 5.73 Å². The number of rotatable bonds is 11. The quantitative estimate of drug-likeness (QED) is 0.246. The van der Waals surface area contributed by atoms with Gasteiger partial charge in [0.1, 0.15) is 11.6 Å². The van der Waals surface area contributed by atoms with Crippen molar-refractivity contribution in [3.05, 3.63) is 64.1 Å². The number of nitrogens with two attached hydrogens (primary N) is 1. The molecule has 0 atom stereocenters. The summed E-state index contributed by atoms with van der Waals surface area (Å²) in [5.74, 6) is 0.528. The number of nitrogens with zero attached hydrogens (tertiary/aromatic N) is 3. The van der Waals surface area contributed by atoms with E-state index in [0.29, 0.717) is 29.6 Å². The number of carbonyl (C=O) groups is 2. The van der Waals surface area contributed by atoms with Crippen molar-refractivity contribution in [3.8, 4) is 0 Å². The van der Waals surface area contributed by atoms with E-state index in [4.69, 9.17) is 20.3 Å². The number of ether oxygens (including phenoxy) is 1. The largest absolute Gasteiger partial charge is 0.469 e. The Kier molecular flexibility index (Phi) is 10.7. The van der Waals surface area contributed by atoms with E-state index in [0.717, 1.165) is 10.5 Å². The van der Waals surface area contributed by atoms with Crippen molar-refractivity contribution < 1.29 is 38.3 Å². The number of amides is 1. The van der Waals surface area contributed by atoms with Gasteiger partial charge in [0, 0.05) is 35.2 Å². The molecule has 0 saturated heterocycles. The van der Waals surface area contributed by atoms with E-state index >= 15 is 0 Å². The van der Waals surface area contributed by atoms with Crippen LogP contribution in [-0.4, -0.2) is 54.4 Å². The van der Waals surface area contributed by atoms with Gasteiger partial charge in [0.15, 0.2) is 0 Å². The highest BCUT2D eigenvalue weighted by Gasteiger charge is 2.23. The number of phosphoric acid groups is 1. The highest BCUT2D eigenvalue weighted by molar-refractivity contribution is 8.16. The summed E-state index contributed by atoms with van der Waals surface area (Å²) < 4.78 is 20.8. The van der Waals surface area contributed by atoms with Gasteiger partial charge >= 0.3 is 19.2 Å². The van der Waals surface area contributed by atoms with Gasteiger partial charge in [0.05, 0.1) is 19.8 Å². The molecule has 0 aliphatic rings. The number of hydrogen-bond donors (Lipinski definition) is 4. The number of aryl methyl sites for hydroxylation is 1. The van der Waals surface area contributed by atoms with Gasteiger partial charge in [-0.1, -0.05) is 30.3 Å². The Hall–Kier alpha value is -2.96. The molecule has 1 amide bonds. The van der Waals surface area contributed by atoms with Gasteiger partial charge < -0.3 is 25.4 Å². The second kappa shape index (κ2) is 13.2. The van der Waals surface area contributed by atoms with Crippen LogP contribution in [0.3, 0.4) is 0 Å². The molecule has 1 heterocycles. The molecule has 0 bridgehead atoms. The van der Waals surface area contributed by atoms with Crippen molar-refractivity contribution >= 4 is 36.8 Å². The summed E-state index contributed by atoms with van der Waals surface area (Å²) in [7, 11) is -4.76. The first-order chi connectivity index (χ1) is 16.5. The summed E-state index contributed by atoms with van der Waals surface area (Å²) >= 11 is 0.620. The number of aromatic nitrogens is 2. The first-order valence-electron chi connectivity index (χ1n) is 10.3. The number of allylic oxidation sites excluding steroid dienone is 1. The highest BCUT2D eigenvalue weighted by Crippen LogP contribution is 2.37. The zero-order valence-corrected chi connectivity index (χ0v) is 20.9. The fraction of sp³-hybridized carbons (Fsp3) is 0.333. The Bertz CT molecular complexity index is 1110. The molecule has 0 aliphatic heterocycles. The van der Waals surface area contributed by atoms with Gasteiger partial charge in [-0.2, -0.15) is 0 Å². The Morgan fingerprint density at radius 2 is 1.89 bits per heavy atom. The first-order valence-corrected chi connectivity index (χ1v) is 12.7. The minimum absolute atomic E-state index is 0.0983. The second-order valence-electron chi connectivity index (χ2n) is 7.21. The number of nitrogen functional groups attached to an aromatic ring is 1. The van der Waals surface area contributed by atoms with Crippen LogP contribution in [-0.2, 0) is 26.8 Å². The van der Waals surface area contributed by atoms with Gasteiger partial charge in [-0.3, -0.25) is 9.42 Å². The SMILES string of the molecule is C/C(=C(\CCOP(=O)(O)O)SC(=O)OCCc1ccccc1)N(Cc1cnc(C)nc1N)C(=O)O. The maximum absolute atomic E-state index is 12.5. The molecule has 1 aromatic carbocycles. The average Bonchev–Trinajstić information content (AvgIpc) is 2.77. The lowest BCUT2D eigenvalue weighted by Gasteiger charge is -2.23. The Balaban J connectivity index is 2.19. The van der Waals surface area contributed by atoms with Crippen LogP contribution in [0.4, 0.5) is 15.4 Å². The topological polar surface area (TPSA) is 185 Å². The Morgan fingerprint density at radius 1 is 1.20 bits per heavy atom. The predicted octanol–water partition coefficient (Wildman–Crippen LogP) is 3.69. The first kappa shape index (κ1) is 28.3. The molecule has 0 radical (unpaired) electrons. The summed E-state index contributed by atoms with van der Waals surface area (Å²) in [4.78, 5) is 51.6. The van der Waals surface area contributed by atoms with Crippen LogP contribution in [0.15, 0.2) is 47.1 Å². The van der Waals surface area contributed by atoms with Crippen LogP contribution in [0.2, 0.25) is 0 Å². The fourth-order valence-corrected chi connectivity index (χ4v) is 3.99. The zero-order chi connectivity index (χ0) is 26.0. The summed E-state index contributed by atoms with van der Waals surface area (Å²) in [6, 6.07) is 9.38. The third kappa shape index (κ3) is 10.0. The molecule has 5 N–H and O–H groups in total. The van der Waals surface area contributed by atoms with Crippen molar-refractivity contribution in [3.63, 3.8) is 0 Å². The zero-order valence-electron chi connectivity index (χ0n) is 19.2. The minimum Gasteiger partial charge on any atom is -0.465 e. The Labute approximate surface area is 206 Å². The molecule has 35 heavy (non-hydrogen) atoms. The third-order valence-electron chi connectivity index (χ3n) is 4.63. The highest BCUT2D eigenvalue weighted by atomic mass is 32.2. The molecule has 0 aliphatic carbocycles. The maximum Gasteiger partial charge on any atom is 0.469 e. The van der Waals surface area contributed by atoms with Crippen LogP contribution in [0, 0.1) is 6.92 Å². The van der Waals surface area contributed by atoms with Gasteiger partial charge in [0.2, 0.25) is 0 Å². The van der Waals surface area contributed by atoms with E-state index in [2.05, 4.69) is 14.5 Å². The van der Waals surface area contributed by atoms with Crippen LogP contribution >= 0.6 is 19.6 Å². The van der Waals surface area contributed by atoms with E-state index in [1.54, 1.807) is 6.92 Å². The number of phosphoric ester groups is 1. The lowest BCUT2D eigenvalue weighted by molar-refractivity contribution is 0.155. The van der Waals surface area contributed by atoms with Crippen molar-refractivity contribution in [2.75, 3.05) is 18.9 Å². The number of hydrogen-bond acceptors (Lipinski definition) is 9. The average molecular weight is 527 g/mol. The second-order valence-corrected chi connectivity index (χ2v) is 9.48. The number of carbonyl (C=O) groups excluding carboxylic acids is 1. The normalized spacial score (nSPS) is 12.1. The van der Waals surface area contributed by atoms with Crippen molar-refractivity contribution in [2.24, 2.45) is 0 Å². The van der Waals surface area contributed by atoms with Gasteiger partial charge in [-0.05, 0) is 31.2 Å². The van der Waals surface area contributed by atoms with Crippen LogP contribution in [0.5, 0.6) is 0 Å². The molecular weight excluding hydrogens is 499 g/mol. The molecule has 0 spiro atoms. The molecular formula is C21H27N4O8PS. The predicted molar refractivity (Wildman–Crippen MR) is 129 cm³/mol. The fourth-order valence-electron chi connectivity index (χ4n) is 2.87. The van der Waals surface area contributed by atoms with E-state index < -0.39 is 25.8 Å². The number of carboxylic acid groups (broad SMARTS) is 1.